The molecule has 0 heterocycles. The van der Waals surface area contributed by atoms with Crippen molar-refractivity contribution in [2.24, 2.45) is 16.9 Å². The first-order chi connectivity index (χ1) is 16.5. The molecule has 2 rings (SSSR count). The fourth-order valence-corrected chi connectivity index (χ4v) is 3.50. The van der Waals surface area contributed by atoms with Crippen LogP contribution in [0.2, 0.25) is 0 Å². The van der Waals surface area contributed by atoms with E-state index >= 15 is 0 Å². The Morgan fingerprint density at radius 1 is 1.06 bits per heavy atom. The van der Waals surface area contributed by atoms with Gasteiger partial charge in [0.05, 0.1) is 17.6 Å². The Morgan fingerprint density at radius 3 is 2.29 bits per heavy atom. The van der Waals surface area contributed by atoms with Gasteiger partial charge in [-0.2, -0.15) is 5.10 Å². The van der Waals surface area contributed by atoms with Crippen LogP contribution in [0.1, 0.15) is 45.7 Å². The Bertz CT molecular complexity index is 1100. The lowest BCUT2D eigenvalue weighted by Gasteiger charge is -2.30. The lowest BCUT2D eigenvalue weighted by atomic mass is 10.0. The van der Waals surface area contributed by atoms with Gasteiger partial charge in [-0.05, 0) is 54.2 Å². The summed E-state index contributed by atoms with van der Waals surface area (Å²) in [6.07, 6.45) is 2.18. The maximum absolute atomic E-state index is 13.8. The maximum atomic E-state index is 13.8. The summed E-state index contributed by atoms with van der Waals surface area (Å²) in [7, 11) is 0. The van der Waals surface area contributed by atoms with Gasteiger partial charge in [-0.3, -0.25) is 0 Å². The third-order valence-corrected chi connectivity index (χ3v) is 4.88. The van der Waals surface area contributed by atoms with Crippen LogP contribution in [0.5, 0.6) is 0 Å². The molecule has 2 amide bonds. The van der Waals surface area contributed by atoms with Crippen LogP contribution in [0.25, 0.3) is 5.57 Å². The fraction of sp³-hybridized carbons (Fsp3) is 0.346. The minimum Gasteiger partial charge on any atom is -0.478 e. The van der Waals surface area contributed by atoms with Gasteiger partial charge in [0.15, 0.2) is 0 Å². The Kier molecular flexibility index (Phi) is 9.93. The van der Waals surface area contributed by atoms with Crippen molar-refractivity contribution >= 4 is 35.2 Å². The van der Waals surface area contributed by atoms with Crippen LogP contribution in [0.4, 0.5) is 25.0 Å². The molecule has 0 radical (unpaired) electrons. The highest BCUT2D eigenvalue weighted by Gasteiger charge is 2.17. The molecule has 35 heavy (non-hydrogen) atoms. The van der Waals surface area contributed by atoms with Crippen molar-refractivity contribution in [3.8, 4) is 0 Å². The number of halogens is 2. The summed E-state index contributed by atoms with van der Waals surface area (Å²) >= 11 is 0. The number of carbonyl (C=O) groups is 2. The number of carbonyl (C=O) groups excluding carboxylic acids is 1. The molecule has 0 aromatic heterocycles. The first-order valence-electron chi connectivity index (χ1n) is 11.3. The van der Waals surface area contributed by atoms with Gasteiger partial charge in [0.1, 0.15) is 11.6 Å². The second-order valence-electron chi connectivity index (χ2n) is 9.08. The van der Waals surface area contributed by atoms with Gasteiger partial charge in [-0.25, -0.2) is 23.8 Å². The predicted molar refractivity (Wildman–Crippen MR) is 136 cm³/mol. The first-order valence-corrected chi connectivity index (χ1v) is 11.3. The van der Waals surface area contributed by atoms with Gasteiger partial charge < -0.3 is 15.3 Å². The molecule has 0 saturated carbocycles. The highest BCUT2D eigenvalue weighted by atomic mass is 19.1. The average molecular weight is 487 g/mol. The third-order valence-electron chi connectivity index (χ3n) is 4.88. The molecule has 7 nitrogen and oxygen atoms in total. The summed E-state index contributed by atoms with van der Waals surface area (Å²) in [4.78, 5) is 25.9. The largest absolute Gasteiger partial charge is 0.478 e. The van der Waals surface area contributed by atoms with Gasteiger partial charge in [0, 0.05) is 30.8 Å². The fourth-order valence-electron chi connectivity index (χ4n) is 3.50. The van der Waals surface area contributed by atoms with Crippen LogP contribution in [-0.4, -0.2) is 36.4 Å². The Hall–Kier alpha value is -3.75. The van der Waals surface area contributed by atoms with E-state index in [1.54, 1.807) is 13.0 Å². The Labute approximate surface area is 204 Å². The lowest BCUT2D eigenvalue weighted by Crippen LogP contribution is -2.33. The number of carboxylic acids is 1. The zero-order valence-corrected chi connectivity index (χ0v) is 20.6. The van der Waals surface area contributed by atoms with Crippen molar-refractivity contribution in [1.82, 2.24) is 5.43 Å². The highest BCUT2D eigenvalue weighted by Crippen LogP contribution is 2.31. The highest BCUT2D eigenvalue weighted by molar-refractivity contribution is 5.96. The zero-order valence-electron chi connectivity index (χ0n) is 20.6. The van der Waals surface area contributed by atoms with E-state index in [9.17, 15) is 18.4 Å². The number of aliphatic carboxylic acids is 1. The van der Waals surface area contributed by atoms with Crippen molar-refractivity contribution in [3.05, 3.63) is 65.2 Å². The van der Waals surface area contributed by atoms with E-state index < -0.39 is 23.6 Å². The van der Waals surface area contributed by atoms with Gasteiger partial charge in [0.2, 0.25) is 0 Å². The smallest absolute Gasteiger partial charge is 0.339 e. The van der Waals surface area contributed by atoms with Crippen molar-refractivity contribution in [2.75, 3.05) is 23.3 Å². The molecule has 0 spiro atoms. The van der Waals surface area contributed by atoms with E-state index in [4.69, 9.17) is 5.11 Å². The van der Waals surface area contributed by atoms with Crippen molar-refractivity contribution in [2.45, 2.75) is 34.6 Å². The number of benzene rings is 2. The van der Waals surface area contributed by atoms with Crippen LogP contribution in [0, 0.1) is 23.5 Å². The molecule has 9 heteroatoms. The summed E-state index contributed by atoms with van der Waals surface area (Å²) in [6.45, 7) is 11.6. The SMILES string of the molecule is C/C(=C\C(=O)O)c1ccc(N(CC(C)C)CC(C)C)c(NC(=O)N/N=C/c2ccc(F)cc2F)c1. The quantitative estimate of drug-likeness (QED) is 0.227. The van der Waals surface area contributed by atoms with Gasteiger partial charge >= 0.3 is 12.0 Å². The molecule has 0 atom stereocenters. The summed E-state index contributed by atoms with van der Waals surface area (Å²) in [5.41, 5.74) is 4.72. The third kappa shape index (κ3) is 8.84. The Morgan fingerprint density at radius 2 is 1.71 bits per heavy atom. The van der Waals surface area contributed by atoms with E-state index in [-0.39, 0.29) is 5.56 Å². The number of carboxylic acid groups (broad SMARTS) is 1. The van der Waals surface area contributed by atoms with Crippen molar-refractivity contribution in [3.63, 3.8) is 0 Å². The molecule has 0 bridgehead atoms. The number of allylic oxidation sites excluding steroid dienone is 1. The minimum atomic E-state index is -1.07. The number of hydrogen-bond acceptors (Lipinski definition) is 4. The normalized spacial score (nSPS) is 11.9. The number of anilines is 2. The molecule has 0 aliphatic heterocycles. The van der Waals surface area contributed by atoms with Crippen LogP contribution >= 0.6 is 0 Å². The number of hydrogen-bond donors (Lipinski definition) is 3. The van der Waals surface area contributed by atoms with Gasteiger partial charge in [0.25, 0.3) is 0 Å². The zero-order chi connectivity index (χ0) is 26.1. The standard InChI is InChI=1S/C26H32F2N4O3/c1-16(2)14-32(15-17(3)4)24-9-7-19(18(5)10-25(33)34)11-23(24)30-26(35)31-29-13-20-6-8-21(27)12-22(20)28/h6-13,16-17H,14-15H2,1-5H3,(H,33,34)(H2,30,31,35)/b18-10+,29-13+. The van der Waals surface area contributed by atoms with Crippen molar-refractivity contribution < 1.29 is 23.5 Å². The summed E-state index contributed by atoms with van der Waals surface area (Å²) < 4.78 is 26.8. The van der Waals surface area contributed by atoms with E-state index in [1.165, 1.54) is 6.07 Å². The summed E-state index contributed by atoms with van der Waals surface area (Å²) in [5, 5.41) is 15.6. The molecule has 0 saturated heterocycles. The maximum Gasteiger partial charge on any atom is 0.339 e. The number of nitrogens with one attached hydrogen (secondary N) is 2. The molecule has 0 aliphatic rings. The monoisotopic (exact) mass is 486 g/mol. The van der Waals surface area contributed by atoms with Crippen LogP contribution < -0.4 is 15.6 Å². The van der Waals surface area contributed by atoms with E-state index in [1.807, 2.05) is 12.1 Å². The van der Waals surface area contributed by atoms with Crippen LogP contribution in [0.15, 0.2) is 47.6 Å². The first kappa shape index (κ1) is 27.5. The van der Waals surface area contributed by atoms with Crippen LogP contribution in [-0.2, 0) is 4.79 Å². The van der Waals surface area contributed by atoms with Gasteiger partial charge in [-0.15, -0.1) is 0 Å². The molecule has 0 fully saturated rings. The number of nitrogens with zero attached hydrogens (tertiary/aromatic N) is 2. The Balaban J connectivity index is 2.34. The number of hydrazone groups is 1. The van der Waals surface area contributed by atoms with E-state index in [0.29, 0.717) is 28.7 Å². The second kappa shape index (κ2) is 12.6. The molecular formula is C26H32F2N4O3. The summed E-state index contributed by atoms with van der Waals surface area (Å²) in [6, 6.07) is 7.74. The molecule has 2 aromatic rings. The molecule has 3 N–H and O–H groups in total. The molecule has 188 valence electrons. The second-order valence-corrected chi connectivity index (χ2v) is 9.08. The lowest BCUT2D eigenvalue weighted by molar-refractivity contribution is -0.131. The minimum absolute atomic E-state index is 0.0175. The van der Waals surface area contributed by atoms with Crippen molar-refractivity contribution in [1.29, 1.82) is 0 Å². The number of rotatable bonds is 10. The van der Waals surface area contributed by atoms with E-state index in [0.717, 1.165) is 43.2 Å². The molecule has 2 aromatic carbocycles. The molecule has 0 aliphatic carbocycles. The van der Waals surface area contributed by atoms with E-state index in [2.05, 4.69) is 48.4 Å². The summed E-state index contributed by atoms with van der Waals surface area (Å²) in [5.74, 6) is -1.86. The number of urea groups is 1. The van der Waals surface area contributed by atoms with Gasteiger partial charge in [-0.1, -0.05) is 33.8 Å². The molecule has 0 unspecified atom stereocenters. The number of amides is 2. The predicted octanol–water partition coefficient (Wildman–Crippen LogP) is 5.73. The van der Waals surface area contributed by atoms with Crippen LogP contribution in [0.3, 0.4) is 0 Å². The molecular weight excluding hydrogens is 454 g/mol. The topological polar surface area (TPSA) is 94.0 Å². The average Bonchev–Trinajstić information content (AvgIpc) is 2.73.